The maximum atomic E-state index is 5.90. The van der Waals surface area contributed by atoms with E-state index in [9.17, 15) is 0 Å². The summed E-state index contributed by atoms with van der Waals surface area (Å²) in [6.07, 6.45) is 2.91. The number of nitrogens with one attached hydrogen (secondary N) is 1. The highest BCUT2D eigenvalue weighted by Crippen LogP contribution is 2.26. The van der Waals surface area contributed by atoms with E-state index in [0.29, 0.717) is 0 Å². The minimum absolute atomic E-state index is 0.138. The first-order valence-electron chi connectivity index (χ1n) is 7.46. The molecule has 1 N–H and O–H groups in total. The van der Waals surface area contributed by atoms with Crippen LogP contribution in [-0.4, -0.2) is 11.5 Å². The van der Waals surface area contributed by atoms with Crippen molar-refractivity contribution in [3.63, 3.8) is 0 Å². The van der Waals surface area contributed by atoms with Crippen molar-refractivity contribution in [1.29, 1.82) is 0 Å². The molecule has 3 aromatic rings. The maximum absolute atomic E-state index is 5.90. The van der Waals surface area contributed by atoms with Crippen molar-refractivity contribution < 1.29 is 4.42 Å². The van der Waals surface area contributed by atoms with Gasteiger partial charge in [-0.1, -0.05) is 43.3 Å². The van der Waals surface area contributed by atoms with E-state index in [2.05, 4.69) is 66.6 Å². The second-order valence-electron chi connectivity index (χ2n) is 5.30. The molecular formula is C18H20N2O. The first-order chi connectivity index (χ1) is 10.3. The van der Waals surface area contributed by atoms with Gasteiger partial charge in [-0.25, -0.2) is 4.98 Å². The molecule has 108 valence electrons. The summed E-state index contributed by atoms with van der Waals surface area (Å²) in [4.78, 5) is 4.40. The van der Waals surface area contributed by atoms with E-state index in [1.54, 1.807) is 0 Å². The summed E-state index contributed by atoms with van der Waals surface area (Å²) >= 11 is 0. The summed E-state index contributed by atoms with van der Waals surface area (Å²) in [5.74, 6) is 1.56. The van der Waals surface area contributed by atoms with Crippen LogP contribution in [0.4, 0.5) is 0 Å². The van der Waals surface area contributed by atoms with Crippen molar-refractivity contribution in [3.8, 4) is 11.3 Å². The number of nitrogens with zero attached hydrogens (tertiary/aromatic N) is 1. The van der Waals surface area contributed by atoms with Crippen LogP contribution in [0, 0.1) is 0 Å². The molecule has 1 atom stereocenters. The molecular weight excluding hydrogens is 260 g/mol. The van der Waals surface area contributed by atoms with Gasteiger partial charge in [-0.3, -0.25) is 0 Å². The molecule has 21 heavy (non-hydrogen) atoms. The third-order valence-electron chi connectivity index (χ3n) is 3.63. The number of oxazole rings is 1. The Morgan fingerprint density at radius 1 is 1.14 bits per heavy atom. The number of hydrogen-bond donors (Lipinski definition) is 1. The lowest BCUT2D eigenvalue weighted by Crippen LogP contribution is -2.19. The van der Waals surface area contributed by atoms with Gasteiger partial charge in [0.25, 0.3) is 0 Å². The topological polar surface area (TPSA) is 38.1 Å². The van der Waals surface area contributed by atoms with Crippen molar-refractivity contribution in [2.45, 2.75) is 26.3 Å². The van der Waals surface area contributed by atoms with Crippen molar-refractivity contribution in [2.24, 2.45) is 0 Å². The van der Waals surface area contributed by atoms with Crippen LogP contribution < -0.4 is 5.32 Å². The zero-order chi connectivity index (χ0) is 14.7. The summed E-state index contributed by atoms with van der Waals surface area (Å²) in [6, 6.07) is 14.8. The monoisotopic (exact) mass is 280 g/mol. The lowest BCUT2D eigenvalue weighted by Gasteiger charge is -2.08. The van der Waals surface area contributed by atoms with Crippen LogP contribution in [0.1, 0.15) is 32.2 Å². The first-order valence-corrected chi connectivity index (χ1v) is 7.46. The van der Waals surface area contributed by atoms with Crippen molar-refractivity contribution in [3.05, 3.63) is 54.6 Å². The number of fused-ring (bicyclic) bond motifs is 1. The quantitative estimate of drug-likeness (QED) is 0.744. The average molecular weight is 280 g/mol. The van der Waals surface area contributed by atoms with Gasteiger partial charge in [0.15, 0.2) is 5.76 Å². The molecule has 0 aliphatic carbocycles. The molecule has 0 amide bonds. The van der Waals surface area contributed by atoms with Gasteiger partial charge in [0.2, 0.25) is 5.89 Å². The molecule has 0 bridgehead atoms. The molecule has 0 aliphatic heterocycles. The fraction of sp³-hybridized carbons (Fsp3) is 0.278. The predicted octanol–water partition coefficient (Wildman–Crippen LogP) is 4.56. The van der Waals surface area contributed by atoms with Crippen LogP contribution in [0.15, 0.2) is 53.1 Å². The van der Waals surface area contributed by atoms with Gasteiger partial charge in [0.1, 0.15) is 0 Å². The highest BCUT2D eigenvalue weighted by Gasteiger charge is 2.12. The van der Waals surface area contributed by atoms with Gasteiger partial charge >= 0.3 is 0 Å². The van der Waals surface area contributed by atoms with Crippen LogP contribution in [-0.2, 0) is 0 Å². The summed E-state index contributed by atoms with van der Waals surface area (Å²) in [7, 11) is 0. The van der Waals surface area contributed by atoms with Crippen LogP contribution >= 0.6 is 0 Å². The van der Waals surface area contributed by atoms with E-state index in [-0.39, 0.29) is 6.04 Å². The van der Waals surface area contributed by atoms with Gasteiger partial charge in [0, 0.05) is 5.56 Å². The number of benzene rings is 2. The minimum atomic E-state index is 0.138. The molecule has 0 saturated carbocycles. The Hall–Kier alpha value is -2.13. The van der Waals surface area contributed by atoms with Crippen molar-refractivity contribution in [2.75, 3.05) is 6.54 Å². The zero-order valence-corrected chi connectivity index (χ0v) is 12.5. The molecule has 1 unspecified atom stereocenters. The van der Waals surface area contributed by atoms with E-state index in [1.807, 2.05) is 6.20 Å². The van der Waals surface area contributed by atoms with E-state index in [0.717, 1.165) is 30.2 Å². The summed E-state index contributed by atoms with van der Waals surface area (Å²) in [6.45, 7) is 5.19. The lowest BCUT2D eigenvalue weighted by molar-refractivity contribution is 0.423. The highest BCUT2D eigenvalue weighted by molar-refractivity contribution is 5.86. The molecule has 1 heterocycles. The lowest BCUT2D eigenvalue weighted by atomic mass is 10.1. The van der Waals surface area contributed by atoms with E-state index in [1.165, 1.54) is 10.8 Å². The largest absolute Gasteiger partial charge is 0.439 e. The first kappa shape index (κ1) is 13.8. The van der Waals surface area contributed by atoms with Crippen molar-refractivity contribution >= 4 is 10.8 Å². The van der Waals surface area contributed by atoms with Gasteiger partial charge in [-0.2, -0.15) is 0 Å². The second-order valence-corrected chi connectivity index (χ2v) is 5.30. The van der Waals surface area contributed by atoms with Gasteiger partial charge in [0.05, 0.1) is 12.2 Å². The summed E-state index contributed by atoms with van der Waals surface area (Å²) in [5, 5.41) is 5.83. The van der Waals surface area contributed by atoms with Crippen LogP contribution in [0.25, 0.3) is 22.1 Å². The zero-order valence-electron chi connectivity index (χ0n) is 12.5. The summed E-state index contributed by atoms with van der Waals surface area (Å²) in [5.41, 5.74) is 1.06. The normalized spacial score (nSPS) is 12.7. The second kappa shape index (κ2) is 6.10. The molecule has 3 heteroatoms. The highest BCUT2D eigenvalue weighted by atomic mass is 16.4. The fourth-order valence-corrected chi connectivity index (χ4v) is 2.41. The number of hydrogen-bond acceptors (Lipinski definition) is 3. The van der Waals surface area contributed by atoms with Gasteiger partial charge < -0.3 is 9.73 Å². The standard InChI is InChI=1S/C18H20N2O/c1-3-10-19-13(2)18-20-12-17(21-18)16-9-8-14-6-4-5-7-15(14)11-16/h4-9,11-13,19H,3,10H2,1-2H3. The molecule has 2 aromatic carbocycles. The molecule has 3 rings (SSSR count). The molecule has 0 radical (unpaired) electrons. The molecule has 0 fully saturated rings. The molecule has 0 aliphatic rings. The minimum Gasteiger partial charge on any atom is -0.439 e. The SMILES string of the molecule is CCCNC(C)c1ncc(-c2ccc3ccccc3c2)o1. The summed E-state index contributed by atoms with van der Waals surface area (Å²) < 4.78 is 5.90. The number of rotatable bonds is 5. The van der Waals surface area contributed by atoms with Crippen molar-refractivity contribution in [1.82, 2.24) is 10.3 Å². The molecule has 0 saturated heterocycles. The van der Waals surface area contributed by atoms with Crippen LogP contribution in [0.2, 0.25) is 0 Å². The van der Waals surface area contributed by atoms with Gasteiger partial charge in [-0.15, -0.1) is 0 Å². The Bertz CT molecular complexity index is 733. The van der Waals surface area contributed by atoms with Crippen LogP contribution in [0.5, 0.6) is 0 Å². The fourth-order valence-electron chi connectivity index (χ4n) is 2.41. The molecule has 1 aromatic heterocycles. The predicted molar refractivity (Wildman–Crippen MR) is 86.2 cm³/mol. The Kier molecular flexibility index (Phi) is 4.02. The molecule has 3 nitrogen and oxygen atoms in total. The Labute approximate surface area is 125 Å². The third kappa shape index (κ3) is 2.98. The molecule has 0 spiro atoms. The third-order valence-corrected chi connectivity index (χ3v) is 3.63. The van der Waals surface area contributed by atoms with E-state index >= 15 is 0 Å². The smallest absolute Gasteiger partial charge is 0.211 e. The maximum Gasteiger partial charge on any atom is 0.211 e. The van der Waals surface area contributed by atoms with E-state index in [4.69, 9.17) is 4.42 Å². The average Bonchev–Trinajstić information content (AvgIpc) is 3.02. The Balaban J connectivity index is 1.87. The van der Waals surface area contributed by atoms with Crippen LogP contribution in [0.3, 0.4) is 0 Å². The Morgan fingerprint density at radius 2 is 1.95 bits per heavy atom. The number of aromatic nitrogens is 1. The van der Waals surface area contributed by atoms with E-state index < -0.39 is 0 Å². The Morgan fingerprint density at radius 3 is 2.76 bits per heavy atom. The van der Waals surface area contributed by atoms with Gasteiger partial charge in [-0.05, 0) is 36.7 Å².